The first-order chi connectivity index (χ1) is 23.0. The molecule has 0 bridgehead atoms. The Hall–Kier alpha value is -4.83. The number of hydrogen-bond acceptors (Lipinski definition) is 8. The fourth-order valence-electron chi connectivity index (χ4n) is 7.29. The van der Waals surface area contributed by atoms with Gasteiger partial charge in [-0.1, -0.05) is 6.42 Å². The zero-order valence-electron chi connectivity index (χ0n) is 26.9. The first kappa shape index (κ1) is 31.8. The number of aromatic nitrogens is 5. The number of halogens is 3. The minimum absolute atomic E-state index is 0.0385. The molecule has 1 aliphatic carbocycles. The zero-order valence-corrected chi connectivity index (χ0v) is 26.9. The standard InChI is InChI=1S/C35H36F3N9O/c1-22-12-25(27(17-41-22)32-44-42-21-45(32)2)24-15-30(40-10-4-3-9-39)43-31(16-24)47-19-28-26(33(47)48)13-23(14-29(28)35(36,37)38)18-46-11-8-34(20-46)6-5-7-34/h12-17,21H,3-8,10-11,18-20H2,1-2H3,(H,40,43). The van der Waals surface area contributed by atoms with Crippen LogP contribution in [0.5, 0.6) is 0 Å². The van der Waals surface area contributed by atoms with E-state index in [1.807, 2.05) is 26.1 Å². The second-order valence-corrected chi connectivity index (χ2v) is 13.3. The fourth-order valence-corrected chi connectivity index (χ4v) is 7.29. The predicted octanol–water partition coefficient (Wildman–Crippen LogP) is 6.52. The minimum Gasteiger partial charge on any atom is -0.370 e. The van der Waals surface area contributed by atoms with Crippen LogP contribution in [-0.2, 0) is 26.3 Å². The van der Waals surface area contributed by atoms with Gasteiger partial charge in [-0.3, -0.25) is 19.6 Å². The van der Waals surface area contributed by atoms with Crippen molar-refractivity contribution in [1.82, 2.24) is 29.6 Å². The summed E-state index contributed by atoms with van der Waals surface area (Å²) in [5.74, 6) is 0.704. The maximum Gasteiger partial charge on any atom is 0.416 e. The van der Waals surface area contributed by atoms with Crippen molar-refractivity contribution in [1.29, 1.82) is 5.26 Å². The summed E-state index contributed by atoms with van der Waals surface area (Å²) in [6.07, 6.45) is 4.21. The van der Waals surface area contributed by atoms with Crippen LogP contribution in [0.3, 0.4) is 0 Å². The van der Waals surface area contributed by atoms with Gasteiger partial charge >= 0.3 is 6.18 Å². The SMILES string of the molecule is Cc1cc(-c2cc(NCCCC#N)nc(N3Cc4c(cc(CN5CCC6(CCC6)C5)cc4C(F)(F)F)C3=O)c2)c(-c2nncn2C)cn1. The zero-order chi connectivity index (χ0) is 33.6. The Balaban J connectivity index is 1.27. The fraction of sp³-hybridized carbons (Fsp3) is 0.429. The Bertz CT molecular complexity index is 1930. The van der Waals surface area contributed by atoms with Gasteiger partial charge in [-0.15, -0.1) is 10.2 Å². The molecule has 1 saturated carbocycles. The monoisotopic (exact) mass is 655 g/mol. The average Bonchev–Trinajstić information content (AvgIpc) is 3.76. The van der Waals surface area contributed by atoms with Crippen LogP contribution in [0.2, 0.25) is 0 Å². The lowest BCUT2D eigenvalue weighted by molar-refractivity contribution is -0.138. The summed E-state index contributed by atoms with van der Waals surface area (Å²) >= 11 is 0. The van der Waals surface area contributed by atoms with Gasteiger partial charge < -0.3 is 9.88 Å². The number of carbonyl (C=O) groups excluding carboxylic acids is 1. The third kappa shape index (κ3) is 6.01. The second kappa shape index (κ2) is 12.3. The van der Waals surface area contributed by atoms with Crippen molar-refractivity contribution in [2.45, 2.75) is 64.7 Å². The van der Waals surface area contributed by atoms with E-state index in [1.54, 1.807) is 29.2 Å². The molecular formula is C35H36F3N9O. The number of unbranched alkanes of at least 4 members (excludes halogenated alkanes) is 1. The molecule has 10 nitrogen and oxygen atoms in total. The lowest BCUT2D eigenvalue weighted by Crippen LogP contribution is -2.33. The van der Waals surface area contributed by atoms with Crippen LogP contribution in [0.1, 0.15) is 71.3 Å². The summed E-state index contributed by atoms with van der Waals surface area (Å²) in [5.41, 5.74) is 2.91. The molecule has 3 aliphatic rings. The molecule has 3 aromatic heterocycles. The number of fused-ring (bicyclic) bond motifs is 1. The highest BCUT2D eigenvalue weighted by Gasteiger charge is 2.44. The molecule has 2 aliphatic heterocycles. The van der Waals surface area contributed by atoms with Gasteiger partial charge in [-0.05, 0) is 97.2 Å². The quantitative estimate of drug-likeness (QED) is 0.203. The van der Waals surface area contributed by atoms with Crippen LogP contribution in [0.15, 0.2) is 42.9 Å². The molecule has 2 fully saturated rings. The highest BCUT2D eigenvalue weighted by molar-refractivity contribution is 6.10. The number of nitrogens with one attached hydrogen (secondary N) is 1. The van der Waals surface area contributed by atoms with Crippen molar-refractivity contribution < 1.29 is 18.0 Å². The van der Waals surface area contributed by atoms with Crippen molar-refractivity contribution in [3.8, 4) is 28.6 Å². The number of amides is 1. The molecule has 1 amide bonds. The third-order valence-corrected chi connectivity index (χ3v) is 9.91. The van der Waals surface area contributed by atoms with E-state index in [0.717, 1.165) is 30.8 Å². The summed E-state index contributed by atoms with van der Waals surface area (Å²) in [6, 6.07) is 10.4. The summed E-state index contributed by atoms with van der Waals surface area (Å²) < 4.78 is 45.5. The molecule has 4 aromatic rings. The number of aryl methyl sites for hydroxylation is 2. The molecule has 1 saturated heterocycles. The Labute approximate surface area is 276 Å². The molecule has 1 aromatic carbocycles. The molecule has 0 unspecified atom stereocenters. The van der Waals surface area contributed by atoms with E-state index in [1.165, 1.54) is 30.2 Å². The first-order valence-electron chi connectivity index (χ1n) is 16.3. The number of likely N-dealkylation sites (tertiary alicyclic amines) is 1. The third-order valence-electron chi connectivity index (χ3n) is 9.91. The molecule has 13 heteroatoms. The molecule has 1 N–H and O–H groups in total. The van der Waals surface area contributed by atoms with E-state index in [4.69, 9.17) is 10.2 Å². The summed E-state index contributed by atoms with van der Waals surface area (Å²) in [7, 11) is 1.82. The Morgan fingerprint density at radius 3 is 2.60 bits per heavy atom. The summed E-state index contributed by atoms with van der Waals surface area (Å²) in [4.78, 5) is 26.8. The van der Waals surface area contributed by atoms with Gasteiger partial charge in [0.05, 0.1) is 18.2 Å². The highest BCUT2D eigenvalue weighted by atomic mass is 19.4. The van der Waals surface area contributed by atoms with E-state index in [2.05, 4.69) is 31.5 Å². The van der Waals surface area contributed by atoms with Crippen LogP contribution in [-0.4, -0.2) is 55.2 Å². The minimum atomic E-state index is -4.63. The van der Waals surface area contributed by atoms with E-state index >= 15 is 0 Å². The lowest BCUT2D eigenvalue weighted by atomic mass is 9.68. The van der Waals surface area contributed by atoms with Crippen LogP contribution in [0, 0.1) is 23.7 Å². The largest absolute Gasteiger partial charge is 0.416 e. The van der Waals surface area contributed by atoms with Crippen molar-refractivity contribution in [2.24, 2.45) is 12.5 Å². The van der Waals surface area contributed by atoms with Crippen molar-refractivity contribution in [2.75, 3.05) is 29.9 Å². The number of anilines is 2. The van der Waals surface area contributed by atoms with Gasteiger partial charge in [0, 0.05) is 56.1 Å². The van der Waals surface area contributed by atoms with Gasteiger partial charge in [-0.2, -0.15) is 18.4 Å². The number of alkyl halides is 3. The average molecular weight is 656 g/mol. The maximum absolute atomic E-state index is 14.6. The number of nitrogens with zero attached hydrogens (tertiary/aromatic N) is 8. The number of benzene rings is 1. The molecule has 48 heavy (non-hydrogen) atoms. The first-order valence-corrected chi connectivity index (χ1v) is 16.3. The summed E-state index contributed by atoms with van der Waals surface area (Å²) in [5, 5.41) is 20.5. The Morgan fingerprint density at radius 2 is 1.92 bits per heavy atom. The number of pyridine rings is 2. The van der Waals surface area contributed by atoms with Gasteiger partial charge in [-0.25, -0.2) is 4.98 Å². The number of nitriles is 1. The number of carbonyl (C=O) groups is 1. The number of hydrogen-bond donors (Lipinski definition) is 1. The van der Waals surface area contributed by atoms with Crippen LogP contribution in [0.4, 0.5) is 24.8 Å². The highest BCUT2D eigenvalue weighted by Crippen LogP contribution is 2.48. The van der Waals surface area contributed by atoms with E-state index < -0.39 is 17.6 Å². The predicted molar refractivity (Wildman–Crippen MR) is 174 cm³/mol. The Kier molecular flexibility index (Phi) is 8.15. The lowest BCUT2D eigenvalue weighted by Gasteiger charge is -2.38. The van der Waals surface area contributed by atoms with E-state index in [9.17, 15) is 18.0 Å². The molecule has 0 radical (unpaired) electrons. The van der Waals surface area contributed by atoms with Crippen molar-refractivity contribution in [3.05, 3.63) is 70.8 Å². The van der Waals surface area contributed by atoms with Gasteiger partial charge in [0.25, 0.3) is 5.91 Å². The van der Waals surface area contributed by atoms with E-state index in [0.29, 0.717) is 59.7 Å². The van der Waals surface area contributed by atoms with E-state index in [-0.39, 0.29) is 23.5 Å². The van der Waals surface area contributed by atoms with Crippen molar-refractivity contribution >= 4 is 17.5 Å². The smallest absolute Gasteiger partial charge is 0.370 e. The Morgan fingerprint density at radius 1 is 1.08 bits per heavy atom. The summed E-state index contributed by atoms with van der Waals surface area (Å²) in [6.45, 7) is 4.16. The molecule has 5 heterocycles. The van der Waals surface area contributed by atoms with Crippen LogP contribution < -0.4 is 10.2 Å². The number of rotatable bonds is 9. The molecule has 7 rings (SSSR count). The van der Waals surface area contributed by atoms with Crippen molar-refractivity contribution in [3.63, 3.8) is 0 Å². The van der Waals surface area contributed by atoms with Gasteiger partial charge in [0.15, 0.2) is 5.82 Å². The molecular weight excluding hydrogens is 619 g/mol. The van der Waals surface area contributed by atoms with Gasteiger partial charge in [0.2, 0.25) is 0 Å². The topological polar surface area (TPSA) is 116 Å². The van der Waals surface area contributed by atoms with Crippen LogP contribution in [0.25, 0.3) is 22.5 Å². The maximum atomic E-state index is 14.6. The molecule has 1 spiro atoms. The second-order valence-electron chi connectivity index (χ2n) is 13.3. The van der Waals surface area contributed by atoms with Crippen LogP contribution >= 0.6 is 0 Å². The normalized spacial score (nSPS) is 17.1. The molecule has 0 atom stereocenters. The van der Waals surface area contributed by atoms with Gasteiger partial charge in [0.1, 0.15) is 18.0 Å². The molecule has 248 valence electrons.